The fourth-order valence-electron chi connectivity index (χ4n) is 3.65. The molecule has 1 unspecified atom stereocenters. The van der Waals surface area contributed by atoms with E-state index in [9.17, 15) is 4.79 Å². The number of benzene rings is 1. The zero-order chi connectivity index (χ0) is 16.4. The van der Waals surface area contributed by atoms with Crippen LogP contribution in [0.15, 0.2) is 12.1 Å². The van der Waals surface area contributed by atoms with E-state index in [0.717, 1.165) is 32.5 Å². The summed E-state index contributed by atoms with van der Waals surface area (Å²) in [4.78, 5) is 15.1. The zero-order valence-corrected chi connectivity index (χ0v) is 13.9. The van der Waals surface area contributed by atoms with E-state index in [1.807, 2.05) is 0 Å². The van der Waals surface area contributed by atoms with Crippen molar-refractivity contribution in [3.8, 4) is 17.2 Å². The van der Waals surface area contributed by atoms with Crippen LogP contribution in [0.1, 0.15) is 23.2 Å². The minimum Gasteiger partial charge on any atom is -0.493 e. The Labute approximate surface area is 136 Å². The number of amides is 1. The average Bonchev–Trinajstić information content (AvgIpc) is 2.61. The van der Waals surface area contributed by atoms with Gasteiger partial charge in [0, 0.05) is 12.6 Å². The number of hydrogen-bond donors (Lipinski definition) is 1. The van der Waals surface area contributed by atoms with Crippen molar-refractivity contribution in [2.75, 3.05) is 41.0 Å². The molecule has 3 fully saturated rings. The zero-order valence-electron chi connectivity index (χ0n) is 13.9. The third kappa shape index (κ3) is 2.95. The molecule has 0 spiro atoms. The normalized spacial score (nSPS) is 25.8. The molecule has 3 aliphatic rings. The molecule has 4 rings (SSSR count). The molecule has 0 radical (unpaired) electrons. The van der Waals surface area contributed by atoms with Gasteiger partial charge in [0.25, 0.3) is 5.91 Å². The van der Waals surface area contributed by atoms with E-state index >= 15 is 0 Å². The maximum absolute atomic E-state index is 12.7. The molecule has 23 heavy (non-hydrogen) atoms. The van der Waals surface area contributed by atoms with Gasteiger partial charge >= 0.3 is 0 Å². The van der Waals surface area contributed by atoms with Gasteiger partial charge in [-0.3, -0.25) is 4.79 Å². The van der Waals surface area contributed by atoms with Crippen molar-refractivity contribution in [2.45, 2.75) is 18.9 Å². The van der Waals surface area contributed by atoms with Crippen LogP contribution in [0.4, 0.5) is 0 Å². The highest BCUT2D eigenvalue weighted by atomic mass is 16.5. The number of carbonyl (C=O) groups is 1. The number of nitrogens with one attached hydrogen (secondary N) is 1. The molecule has 1 aromatic rings. The van der Waals surface area contributed by atoms with Crippen LogP contribution in [0.25, 0.3) is 0 Å². The van der Waals surface area contributed by atoms with Gasteiger partial charge in [-0.2, -0.15) is 0 Å². The first-order valence-corrected chi connectivity index (χ1v) is 8.00. The van der Waals surface area contributed by atoms with Crippen molar-refractivity contribution in [3.63, 3.8) is 0 Å². The van der Waals surface area contributed by atoms with Gasteiger partial charge in [0.05, 0.1) is 26.9 Å². The van der Waals surface area contributed by atoms with E-state index in [2.05, 4.69) is 10.2 Å². The lowest BCUT2D eigenvalue weighted by Crippen LogP contribution is -2.57. The first kappa shape index (κ1) is 15.9. The van der Waals surface area contributed by atoms with Gasteiger partial charge in [-0.15, -0.1) is 0 Å². The molecule has 0 aliphatic carbocycles. The Balaban J connectivity index is 1.82. The van der Waals surface area contributed by atoms with Gasteiger partial charge in [0.15, 0.2) is 11.5 Å². The molecule has 126 valence electrons. The Morgan fingerprint density at radius 2 is 1.78 bits per heavy atom. The Bertz CT molecular complexity index is 582. The molecule has 0 aromatic heterocycles. The lowest BCUT2D eigenvalue weighted by atomic mass is 9.84. The molecule has 2 bridgehead atoms. The fraction of sp³-hybridized carbons (Fsp3) is 0.588. The standard InChI is InChI=1S/C17H24N2O4/c1-21-14-5-4-12(15(22-2)16(14)23-3)17(20)18-13-10-19-8-6-11(13)7-9-19/h4-5,11,13H,6-10H2,1-3H3,(H,18,20). The molecule has 6 nitrogen and oxygen atoms in total. The third-order valence-corrected chi connectivity index (χ3v) is 4.92. The van der Waals surface area contributed by atoms with Crippen molar-refractivity contribution in [1.29, 1.82) is 0 Å². The Morgan fingerprint density at radius 3 is 2.30 bits per heavy atom. The average molecular weight is 320 g/mol. The van der Waals surface area contributed by atoms with E-state index in [-0.39, 0.29) is 11.9 Å². The third-order valence-electron chi connectivity index (χ3n) is 4.92. The van der Waals surface area contributed by atoms with E-state index in [1.54, 1.807) is 19.2 Å². The van der Waals surface area contributed by atoms with Crippen LogP contribution in [0.5, 0.6) is 17.2 Å². The largest absolute Gasteiger partial charge is 0.493 e. The summed E-state index contributed by atoms with van der Waals surface area (Å²) in [7, 11) is 4.63. The monoisotopic (exact) mass is 320 g/mol. The molecular formula is C17H24N2O4. The minimum absolute atomic E-state index is 0.124. The molecule has 6 heteroatoms. The number of rotatable bonds is 5. The smallest absolute Gasteiger partial charge is 0.255 e. The topological polar surface area (TPSA) is 60.0 Å². The summed E-state index contributed by atoms with van der Waals surface area (Å²) < 4.78 is 16.0. The molecule has 3 heterocycles. The van der Waals surface area contributed by atoms with Gasteiger partial charge in [0.2, 0.25) is 5.75 Å². The summed E-state index contributed by atoms with van der Waals surface area (Å²) in [5.74, 6) is 1.85. The molecule has 1 N–H and O–H groups in total. The van der Waals surface area contributed by atoms with E-state index in [1.165, 1.54) is 14.2 Å². The van der Waals surface area contributed by atoms with Crippen LogP contribution >= 0.6 is 0 Å². The van der Waals surface area contributed by atoms with E-state index < -0.39 is 0 Å². The van der Waals surface area contributed by atoms with Crippen molar-refractivity contribution in [1.82, 2.24) is 10.2 Å². The molecule has 0 saturated carbocycles. The van der Waals surface area contributed by atoms with Gasteiger partial charge in [-0.05, 0) is 44.0 Å². The second-order valence-electron chi connectivity index (χ2n) is 6.10. The highest BCUT2D eigenvalue weighted by molar-refractivity contribution is 5.98. The Hall–Kier alpha value is -1.95. The number of nitrogens with zero attached hydrogens (tertiary/aromatic N) is 1. The fourth-order valence-corrected chi connectivity index (χ4v) is 3.65. The van der Waals surface area contributed by atoms with Crippen molar-refractivity contribution in [3.05, 3.63) is 17.7 Å². The number of ether oxygens (including phenoxy) is 3. The maximum atomic E-state index is 12.7. The number of piperidine rings is 3. The number of methoxy groups -OCH3 is 3. The SMILES string of the molecule is COc1ccc(C(=O)NC2CN3CCC2CC3)c(OC)c1OC. The number of fused-ring (bicyclic) bond motifs is 3. The summed E-state index contributed by atoms with van der Waals surface area (Å²) in [6.07, 6.45) is 2.32. The second kappa shape index (κ2) is 6.66. The molecule has 1 aromatic carbocycles. The van der Waals surface area contributed by atoms with Crippen molar-refractivity contribution < 1.29 is 19.0 Å². The molecule has 1 atom stereocenters. The lowest BCUT2D eigenvalue weighted by molar-refractivity contribution is 0.0618. The van der Waals surface area contributed by atoms with Crippen LogP contribution in [0.3, 0.4) is 0 Å². The predicted octanol–water partition coefficient (Wildman–Crippen LogP) is 1.54. The second-order valence-corrected chi connectivity index (χ2v) is 6.10. The first-order valence-electron chi connectivity index (χ1n) is 8.00. The van der Waals surface area contributed by atoms with Crippen LogP contribution in [-0.2, 0) is 0 Å². The first-order chi connectivity index (χ1) is 11.2. The Kier molecular flexibility index (Phi) is 4.61. The summed E-state index contributed by atoms with van der Waals surface area (Å²) in [5.41, 5.74) is 0.474. The predicted molar refractivity (Wildman–Crippen MR) is 86.5 cm³/mol. The Morgan fingerprint density at radius 1 is 1.09 bits per heavy atom. The summed E-state index contributed by atoms with van der Waals surface area (Å²) in [6.45, 7) is 3.24. The van der Waals surface area contributed by atoms with Crippen molar-refractivity contribution in [2.24, 2.45) is 5.92 Å². The quantitative estimate of drug-likeness (QED) is 0.892. The molecule has 1 amide bonds. The van der Waals surface area contributed by atoms with Crippen LogP contribution in [-0.4, -0.2) is 57.8 Å². The lowest BCUT2D eigenvalue weighted by Gasteiger charge is -2.44. The van der Waals surface area contributed by atoms with E-state index in [4.69, 9.17) is 14.2 Å². The highest BCUT2D eigenvalue weighted by Gasteiger charge is 2.35. The van der Waals surface area contributed by atoms with Gasteiger partial charge < -0.3 is 24.4 Å². The summed E-state index contributed by atoms with van der Waals surface area (Å²) in [6, 6.07) is 3.66. The highest BCUT2D eigenvalue weighted by Crippen LogP contribution is 2.40. The summed E-state index contributed by atoms with van der Waals surface area (Å²) >= 11 is 0. The van der Waals surface area contributed by atoms with Gasteiger partial charge in [-0.25, -0.2) is 0 Å². The summed E-state index contributed by atoms with van der Waals surface area (Å²) in [5, 5.41) is 3.17. The van der Waals surface area contributed by atoms with Gasteiger partial charge in [-0.1, -0.05) is 0 Å². The maximum Gasteiger partial charge on any atom is 0.255 e. The molecular weight excluding hydrogens is 296 g/mol. The van der Waals surface area contributed by atoms with Crippen LogP contribution in [0, 0.1) is 5.92 Å². The van der Waals surface area contributed by atoms with Gasteiger partial charge in [0.1, 0.15) is 0 Å². The molecule has 3 saturated heterocycles. The number of carbonyl (C=O) groups excluding carboxylic acids is 1. The molecule has 3 aliphatic heterocycles. The van der Waals surface area contributed by atoms with Crippen LogP contribution in [0.2, 0.25) is 0 Å². The van der Waals surface area contributed by atoms with Crippen LogP contribution < -0.4 is 19.5 Å². The minimum atomic E-state index is -0.124. The number of hydrogen-bond acceptors (Lipinski definition) is 5. The van der Waals surface area contributed by atoms with Crippen molar-refractivity contribution >= 4 is 5.91 Å². The van der Waals surface area contributed by atoms with E-state index in [0.29, 0.717) is 28.7 Å².